The van der Waals surface area contributed by atoms with Gasteiger partial charge in [-0.05, 0) is 22.3 Å². The number of nitrogens with zero attached hydrogens (tertiary/aromatic N) is 1. The summed E-state index contributed by atoms with van der Waals surface area (Å²) in [6, 6.07) is 28.3. The van der Waals surface area contributed by atoms with Gasteiger partial charge >= 0.3 is 0 Å². The number of aliphatic hydroxyl groups is 1. The molecule has 3 aromatic rings. The zero-order valence-corrected chi connectivity index (χ0v) is 17.1. The summed E-state index contributed by atoms with van der Waals surface area (Å²) in [7, 11) is 0. The maximum absolute atomic E-state index is 11.7. The lowest BCUT2D eigenvalue weighted by Gasteiger charge is -2.28. The van der Waals surface area contributed by atoms with Crippen molar-refractivity contribution in [3.8, 4) is 23.0 Å². The van der Waals surface area contributed by atoms with Gasteiger partial charge in [0.15, 0.2) is 0 Å². The Labute approximate surface area is 178 Å². The van der Waals surface area contributed by atoms with Crippen molar-refractivity contribution in [1.29, 1.82) is 0 Å². The molecule has 4 rings (SSSR count). The van der Waals surface area contributed by atoms with Crippen molar-refractivity contribution in [2.75, 3.05) is 32.8 Å². The Morgan fingerprint density at radius 1 is 0.733 bits per heavy atom. The monoisotopic (exact) mass is 397 g/mol. The molecule has 1 heterocycles. The van der Waals surface area contributed by atoms with Crippen LogP contribution < -0.4 is 0 Å². The third-order valence-electron chi connectivity index (χ3n) is 5.60. The molecule has 1 aliphatic rings. The van der Waals surface area contributed by atoms with Crippen LogP contribution in [0.5, 0.6) is 0 Å². The van der Waals surface area contributed by atoms with Crippen LogP contribution in [0.25, 0.3) is 11.1 Å². The molecular weight excluding hydrogens is 370 g/mol. The van der Waals surface area contributed by atoms with Crippen molar-refractivity contribution in [1.82, 2.24) is 4.90 Å². The second kappa shape index (κ2) is 9.73. The van der Waals surface area contributed by atoms with Gasteiger partial charge in [-0.15, -0.1) is 0 Å². The minimum atomic E-state index is -1.14. The molecule has 0 saturated carbocycles. The molecular formula is C27H27NO2. The molecule has 30 heavy (non-hydrogen) atoms. The first kappa shape index (κ1) is 20.4. The van der Waals surface area contributed by atoms with E-state index in [1.807, 2.05) is 60.7 Å². The Hall–Kier alpha value is -2.90. The first-order valence-corrected chi connectivity index (χ1v) is 10.5. The topological polar surface area (TPSA) is 32.7 Å². The highest BCUT2D eigenvalue weighted by molar-refractivity contribution is 5.64. The molecule has 1 atom stereocenters. The van der Waals surface area contributed by atoms with Crippen LogP contribution in [0.2, 0.25) is 0 Å². The summed E-state index contributed by atoms with van der Waals surface area (Å²) in [5.74, 6) is 6.48. The zero-order valence-electron chi connectivity index (χ0n) is 17.1. The molecule has 152 valence electrons. The first-order valence-electron chi connectivity index (χ1n) is 10.5. The lowest BCUT2D eigenvalue weighted by Crippen LogP contribution is -2.36. The average Bonchev–Trinajstić information content (AvgIpc) is 2.83. The molecule has 1 fully saturated rings. The van der Waals surface area contributed by atoms with E-state index in [0.29, 0.717) is 13.0 Å². The molecule has 0 amide bonds. The number of hydrogen-bond acceptors (Lipinski definition) is 3. The minimum absolute atomic E-state index is 0.353. The quantitative estimate of drug-likeness (QED) is 0.651. The van der Waals surface area contributed by atoms with E-state index in [2.05, 4.69) is 41.0 Å². The largest absolute Gasteiger partial charge is 0.379 e. The molecule has 0 bridgehead atoms. The van der Waals surface area contributed by atoms with Gasteiger partial charge in [-0.25, -0.2) is 0 Å². The van der Waals surface area contributed by atoms with Crippen molar-refractivity contribution in [2.45, 2.75) is 12.0 Å². The van der Waals surface area contributed by atoms with Gasteiger partial charge in [-0.2, -0.15) is 0 Å². The van der Waals surface area contributed by atoms with Crippen LogP contribution in [-0.2, 0) is 10.3 Å². The highest BCUT2D eigenvalue weighted by atomic mass is 16.5. The van der Waals surface area contributed by atoms with Crippen molar-refractivity contribution < 1.29 is 9.84 Å². The van der Waals surface area contributed by atoms with Crippen LogP contribution in [0.15, 0.2) is 84.9 Å². The highest BCUT2D eigenvalue weighted by Crippen LogP contribution is 2.34. The van der Waals surface area contributed by atoms with Crippen LogP contribution >= 0.6 is 0 Å². The Kier molecular flexibility index (Phi) is 6.61. The van der Waals surface area contributed by atoms with Gasteiger partial charge in [0.05, 0.1) is 19.8 Å². The molecule has 3 heteroatoms. The van der Waals surface area contributed by atoms with Gasteiger partial charge in [-0.3, -0.25) is 4.90 Å². The van der Waals surface area contributed by atoms with Gasteiger partial charge in [-0.1, -0.05) is 96.8 Å². The number of morpholine rings is 1. The minimum Gasteiger partial charge on any atom is -0.379 e. The fourth-order valence-corrected chi connectivity index (χ4v) is 3.77. The van der Waals surface area contributed by atoms with Crippen LogP contribution in [0.3, 0.4) is 0 Å². The summed E-state index contributed by atoms with van der Waals surface area (Å²) in [6.07, 6.45) is 0.353. The van der Waals surface area contributed by atoms with Crippen molar-refractivity contribution in [3.05, 3.63) is 96.1 Å². The fourth-order valence-electron chi connectivity index (χ4n) is 3.77. The van der Waals surface area contributed by atoms with E-state index >= 15 is 0 Å². The number of ether oxygens (including phenoxy) is 1. The number of benzene rings is 3. The Balaban J connectivity index is 1.57. The van der Waals surface area contributed by atoms with Crippen molar-refractivity contribution in [3.63, 3.8) is 0 Å². The molecule has 0 aliphatic carbocycles. The third-order valence-corrected chi connectivity index (χ3v) is 5.60. The standard InChI is InChI=1S/C27H27NO2/c29-27(25-11-5-2-6-12-25,17-7-8-18-28-19-21-30-22-20-28)26-15-13-24(14-16-26)23-9-3-1-4-10-23/h1-6,9-16,29H,17-22H2. The number of hydrogen-bond donors (Lipinski definition) is 1. The zero-order chi connectivity index (χ0) is 20.7. The smallest absolute Gasteiger partial charge is 0.125 e. The van der Waals surface area contributed by atoms with Gasteiger partial charge in [0.2, 0.25) is 0 Å². The predicted octanol–water partition coefficient (Wildman–Crippen LogP) is 4.32. The van der Waals surface area contributed by atoms with E-state index in [0.717, 1.165) is 48.6 Å². The van der Waals surface area contributed by atoms with Crippen molar-refractivity contribution in [2.24, 2.45) is 0 Å². The molecule has 0 spiro atoms. The van der Waals surface area contributed by atoms with E-state index in [1.165, 1.54) is 0 Å². The number of rotatable bonds is 5. The van der Waals surface area contributed by atoms with Crippen LogP contribution in [0.4, 0.5) is 0 Å². The third kappa shape index (κ3) is 4.80. The molecule has 1 unspecified atom stereocenters. The molecule has 0 radical (unpaired) electrons. The van der Waals surface area contributed by atoms with E-state index < -0.39 is 5.60 Å². The van der Waals surface area contributed by atoms with Gasteiger partial charge < -0.3 is 9.84 Å². The fraction of sp³-hybridized carbons (Fsp3) is 0.259. The van der Waals surface area contributed by atoms with E-state index in [-0.39, 0.29) is 0 Å². The van der Waals surface area contributed by atoms with E-state index in [1.54, 1.807) is 0 Å². The summed E-state index contributed by atoms with van der Waals surface area (Å²) < 4.78 is 5.39. The molecule has 3 aromatic carbocycles. The van der Waals surface area contributed by atoms with Gasteiger partial charge in [0.1, 0.15) is 5.60 Å². The van der Waals surface area contributed by atoms with Gasteiger partial charge in [0, 0.05) is 19.5 Å². The van der Waals surface area contributed by atoms with E-state index in [9.17, 15) is 5.11 Å². The summed E-state index contributed by atoms with van der Waals surface area (Å²) >= 11 is 0. The van der Waals surface area contributed by atoms with E-state index in [4.69, 9.17) is 4.74 Å². The lowest BCUT2D eigenvalue weighted by atomic mass is 9.83. The Bertz CT molecular complexity index is 984. The Morgan fingerprint density at radius 2 is 1.30 bits per heavy atom. The highest BCUT2D eigenvalue weighted by Gasteiger charge is 2.30. The van der Waals surface area contributed by atoms with Crippen LogP contribution in [-0.4, -0.2) is 42.9 Å². The summed E-state index contributed by atoms with van der Waals surface area (Å²) in [6.45, 7) is 4.07. The summed E-state index contributed by atoms with van der Waals surface area (Å²) in [5.41, 5.74) is 2.87. The van der Waals surface area contributed by atoms with Gasteiger partial charge in [0.25, 0.3) is 0 Å². The molecule has 0 aromatic heterocycles. The summed E-state index contributed by atoms with van der Waals surface area (Å²) in [4.78, 5) is 2.28. The van der Waals surface area contributed by atoms with Crippen molar-refractivity contribution >= 4 is 0 Å². The average molecular weight is 398 g/mol. The SMILES string of the molecule is OC(CC#CCN1CCOCC1)(c1ccccc1)c1ccc(-c2ccccc2)cc1. The summed E-state index contributed by atoms with van der Waals surface area (Å²) in [5, 5.41) is 11.7. The molecule has 1 saturated heterocycles. The maximum Gasteiger partial charge on any atom is 0.125 e. The Morgan fingerprint density at radius 3 is 1.97 bits per heavy atom. The second-order valence-electron chi connectivity index (χ2n) is 7.59. The first-order chi connectivity index (χ1) is 14.8. The normalized spacial score (nSPS) is 16.3. The lowest BCUT2D eigenvalue weighted by molar-refractivity contribution is 0.0443. The molecule has 1 N–H and O–H groups in total. The molecule has 3 nitrogen and oxygen atoms in total. The van der Waals surface area contributed by atoms with Crippen LogP contribution in [0.1, 0.15) is 17.5 Å². The van der Waals surface area contributed by atoms with Crippen LogP contribution in [0, 0.1) is 11.8 Å². The predicted molar refractivity (Wildman–Crippen MR) is 121 cm³/mol. The molecule has 1 aliphatic heterocycles. The maximum atomic E-state index is 11.7. The second-order valence-corrected chi connectivity index (χ2v) is 7.59.